The maximum Gasteiger partial charge on any atom is 0.273 e. The Morgan fingerprint density at radius 3 is 2.71 bits per heavy atom. The van der Waals surface area contributed by atoms with Gasteiger partial charge in [-0.3, -0.25) is 9.59 Å². The average molecular weight is 333 g/mol. The van der Waals surface area contributed by atoms with Crippen LogP contribution < -0.4 is 10.6 Å². The highest BCUT2D eigenvalue weighted by Gasteiger charge is 2.46. The zero-order chi connectivity index (χ0) is 17.2. The van der Waals surface area contributed by atoms with E-state index in [1.165, 1.54) is 25.5 Å². The lowest BCUT2D eigenvalue weighted by molar-refractivity contribution is -0.121. The highest BCUT2D eigenvalue weighted by molar-refractivity contribution is 5.97. The summed E-state index contributed by atoms with van der Waals surface area (Å²) in [4.78, 5) is 29.1. The van der Waals surface area contributed by atoms with Gasteiger partial charge in [-0.2, -0.15) is 0 Å². The van der Waals surface area contributed by atoms with E-state index in [9.17, 15) is 9.59 Å². The molecule has 132 valence electrons. The van der Waals surface area contributed by atoms with E-state index >= 15 is 0 Å². The van der Waals surface area contributed by atoms with Gasteiger partial charge in [-0.15, -0.1) is 0 Å². The van der Waals surface area contributed by atoms with E-state index in [-0.39, 0.29) is 22.9 Å². The van der Waals surface area contributed by atoms with Gasteiger partial charge in [0.05, 0.1) is 0 Å². The summed E-state index contributed by atoms with van der Waals surface area (Å²) in [5, 5.41) is 5.76. The van der Waals surface area contributed by atoms with Crippen molar-refractivity contribution in [3.05, 3.63) is 17.8 Å². The van der Waals surface area contributed by atoms with Crippen LogP contribution >= 0.6 is 0 Å². The zero-order valence-corrected chi connectivity index (χ0v) is 14.6. The van der Waals surface area contributed by atoms with Gasteiger partial charge in [-0.05, 0) is 25.7 Å². The van der Waals surface area contributed by atoms with Gasteiger partial charge in [-0.1, -0.05) is 33.1 Å². The third kappa shape index (κ3) is 3.06. The fourth-order valence-electron chi connectivity index (χ4n) is 4.01. The van der Waals surface area contributed by atoms with Gasteiger partial charge in [0, 0.05) is 17.9 Å². The first-order valence-corrected chi connectivity index (χ1v) is 9.13. The highest BCUT2D eigenvalue weighted by atomic mass is 16.3. The second-order valence-electron chi connectivity index (χ2n) is 7.10. The maximum atomic E-state index is 12.5. The third-order valence-electron chi connectivity index (χ3n) is 5.88. The van der Waals surface area contributed by atoms with Crippen molar-refractivity contribution < 1.29 is 14.0 Å². The van der Waals surface area contributed by atoms with Gasteiger partial charge in [0.2, 0.25) is 5.91 Å². The number of hydrogen-bond donors (Lipinski definition) is 2. The smallest absolute Gasteiger partial charge is 0.273 e. The quantitative estimate of drug-likeness (QED) is 0.868. The van der Waals surface area contributed by atoms with E-state index in [4.69, 9.17) is 4.42 Å². The molecule has 3 rings (SSSR count). The fourth-order valence-corrected chi connectivity index (χ4v) is 4.01. The summed E-state index contributed by atoms with van der Waals surface area (Å²) >= 11 is 0. The van der Waals surface area contributed by atoms with E-state index in [0.29, 0.717) is 18.4 Å². The zero-order valence-electron chi connectivity index (χ0n) is 14.6. The lowest BCUT2D eigenvalue weighted by atomic mass is 9.77. The van der Waals surface area contributed by atoms with Crippen LogP contribution in [0.1, 0.15) is 81.1 Å². The van der Waals surface area contributed by atoms with Crippen molar-refractivity contribution in [2.45, 2.75) is 70.8 Å². The number of carbonyl (C=O) groups excluding carboxylic acids is 2. The number of hydrogen-bond acceptors (Lipinski definition) is 4. The molecule has 2 amide bonds. The molecule has 24 heavy (non-hydrogen) atoms. The van der Waals surface area contributed by atoms with E-state index in [0.717, 1.165) is 25.7 Å². The van der Waals surface area contributed by atoms with Crippen LogP contribution in [0, 0.1) is 5.41 Å². The van der Waals surface area contributed by atoms with Crippen molar-refractivity contribution in [2.24, 2.45) is 5.41 Å². The number of carbonyl (C=O) groups is 2. The topological polar surface area (TPSA) is 84.2 Å². The van der Waals surface area contributed by atoms with Crippen LogP contribution in [0.3, 0.4) is 0 Å². The standard InChI is InChI=1S/C18H27N3O3/c1-3-18(4-2)11-19-16(23)14(18)21-15(22)13-10-24-17(20-13)12-8-6-5-7-9-12/h10,12,14H,3-9,11H2,1-2H3,(H,19,23)(H,21,22). The highest BCUT2D eigenvalue weighted by Crippen LogP contribution is 2.34. The fraction of sp³-hybridized carbons (Fsp3) is 0.722. The van der Waals surface area contributed by atoms with Crippen molar-refractivity contribution in [2.75, 3.05) is 6.54 Å². The molecular formula is C18H27N3O3. The minimum atomic E-state index is -0.505. The number of oxazole rings is 1. The van der Waals surface area contributed by atoms with Crippen LogP contribution in [0.5, 0.6) is 0 Å². The SMILES string of the molecule is CCC1(CC)CNC(=O)C1NC(=O)c1coc(C2CCCCC2)n1. The lowest BCUT2D eigenvalue weighted by Crippen LogP contribution is -2.49. The monoisotopic (exact) mass is 333 g/mol. The molecule has 1 aromatic rings. The molecule has 6 heteroatoms. The molecule has 0 spiro atoms. The van der Waals surface area contributed by atoms with Crippen molar-refractivity contribution in [1.29, 1.82) is 0 Å². The number of rotatable bonds is 5. The van der Waals surface area contributed by atoms with E-state index < -0.39 is 6.04 Å². The largest absolute Gasteiger partial charge is 0.448 e. The molecule has 2 aliphatic rings. The second kappa shape index (κ2) is 6.95. The molecule has 2 heterocycles. The van der Waals surface area contributed by atoms with Gasteiger partial charge in [0.25, 0.3) is 5.91 Å². The van der Waals surface area contributed by atoms with Crippen LogP contribution in [-0.4, -0.2) is 29.4 Å². The molecule has 1 aliphatic carbocycles. The first-order chi connectivity index (χ1) is 11.6. The van der Waals surface area contributed by atoms with Crippen LogP contribution in [-0.2, 0) is 4.79 Å². The number of nitrogens with zero attached hydrogens (tertiary/aromatic N) is 1. The number of nitrogens with one attached hydrogen (secondary N) is 2. The molecular weight excluding hydrogens is 306 g/mol. The Hall–Kier alpha value is -1.85. The molecule has 0 radical (unpaired) electrons. The molecule has 2 N–H and O–H groups in total. The van der Waals surface area contributed by atoms with Crippen LogP contribution in [0.25, 0.3) is 0 Å². The Labute approximate surface area is 142 Å². The summed E-state index contributed by atoms with van der Waals surface area (Å²) in [5.74, 6) is 0.547. The summed E-state index contributed by atoms with van der Waals surface area (Å²) < 4.78 is 5.55. The average Bonchev–Trinajstić information content (AvgIpc) is 3.23. The molecule has 1 aliphatic heterocycles. The van der Waals surface area contributed by atoms with Crippen molar-refractivity contribution in [3.8, 4) is 0 Å². The molecule has 2 fully saturated rings. The predicted octanol–water partition coefficient (Wildman–Crippen LogP) is 2.76. The van der Waals surface area contributed by atoms with Gasteiger partial charge >= 0.3 is 0 Å². The first-order valence-electron chi connectivity index (χ1n) is 9.13. The Balaban J connectivity index is 1.70. The molecule has 0 aromatic carbocycles. The first kappa shape index (κ1) is 17.0. The number of amides is 2. The number of aromatic nitrogens is 1. The van der Waals surface area contributed by atoms with E-state index in [1.807, 2.05) is 0 Å². The third-order valence-corrected chi connectivity index (χ3v) is 5.88. The summed E-state index contributed by atoms with van der Waals surface area (Å²) in [7, 11) is 0. The van der Waals surface area contributed by atoms with Crippen LogP contribution in [0.4, 0.5) is 0 Å². The molecule has 1 saturated carbocycles. The Kier molecular flexibility index (Phi) is 4.92. The summed E-state index contributed by atoms with van der Waals surface area (Å²) in [6, 6.07) is -0.505. The van der Waals surface area contributed by atoms with Crippen molar-refractivity contribution >= 4 is 11.8 Å². The summed E-state index contributed by atoms with van der Waals surface area (Å²) in [6.07, 6.45) is 8.86. The molecule has 0 bridgehead atoms. The van der Waals surface area contributed by atoms with Crippen molar-refractivity contribution in [3.63, 3.8) is 0 Å². The minimum Gasteiger partial charge on any atom is -0.448 e. The Morgan fingerprint density at radius 2 is 2.04 bits per heavy atom. The normalized spacial score (nSPS) is 23.9. The Bertz CT molecular complexity index is 600. The van der Waals surface area contributed by atoms with Gasteiger partial charge in [0.1, 0.15) is 12.3 Å². The maximum absolute atomic E-state index is 12.5. The van der Waals surface area contributed by atoms with Gasteiger partial charge < -0.3 is 15.1 Å². The van der Waals surface area contributed by atoms with Crippen LogP contribution in [0.15, 0.2) is 10.7 Å². The predicted molar refractivity (Wildman–Crippen MR) is 89.6 cm³/mol. The minimum absolute atomic E-state index is 0.108. The van der Waals surface area contributed by atoms with E-state index in [1.54, 1.807) is 0 Å². The molecule has 1 atom stereocenters. The van der Waals surface area contributed by atoms with Gasteiger partial charge in [0.15, 0.2) is 11.6 Å². The molecule has 6 nitrogen and oxygen atoms in total. The van der Waals surface area contributed by atoms with E-state index in [2.05, 4.69) is 29.5 Å². The van der Waals surface area contributed by atoms with Gasteiger partial charge in [-0.25, -0.2) is 4.98 Å². The summed E-state index contributed by atoms with van der Waals surface area (Å²) in [6.45, 7) is 4.72. The molecule has 1 unspecified atom stereocenters. The van der Waals surface area contributed by atoms with Crippen LogP contribution in [0.2, 0.25) is 0 Å². The second-order valence-corrected chi connectivity index (χ2v) is 7.10. The lowest BCUT2D eigenvalue weighted by Gasteiger charge is -2.31. The molecule has 1 aromatic heterocycles. The molecule has 1 saturated heterocycles. The Morgan fingerprint density at radius 1 is 1.33 bits per heavy atom. The van der Waals surface area contributed by atoms with Crippen molar-refractivity contribution in [1.82, 2.24) is 15.6 Å². The summed E-state index contributed by atoms with van der Waals surface area (Å²) in [5.41, 5.74) is 0.0549.